The summed E-state index contributed by atoms with van der Waals surface area (Å²) >= 11 is 12.7. The van der Waals surface area contributed by atoms with E-state index in [1.165, 1.54) is 0 Å². The molecule has 7 rings (SSSR count). The van der Waals surface area contributed by atoms with E-state index in [1.807, 2.05) is 91.3 Å². The minimum absolute atomic E-state index is 0.239. The SMILES string of the molecule is CCOc1ccc(C2c3c(C)nn(-c4ccccc4)c3N=C3C(Nc4cc(Cl)cc(Cl)c4)=Nc4ccccc4N32)cc1. The van der Waals surface area contributed by atoms with E-state index in [2.05, 4.69) is 28.4 Å². The van der Waals surface area contributed by atoms with E-state index in [1.54, 1.807) is 6.07 Å². The average Bonchev–Trinajstić information content (AvgIpc) is 3.32. The number of aliphatic imine (C=N–C) groups is 2. The fourth-order valence-electron chi connectivity index (χ4n) is 5.54. The second-order valence-electron chi connectivity index (χ2n) is 10.0. The maximum absolute atomic E-state index is 6.36. The second kappa shape index (κ2) is 10.7. The third-order valence-electron chi connectivity index (χ3n) is 7.27. The first-order valence-corrected chi connectivity index (χ1v) is 14.4. The van der Waals surface area contributed by atoms with Crippen LogP contribution in [0.3, 0.4) is 0 Å². The van der Waals surface area contributed by atoms with Gasteiger partial charge in [-0.2, -0.15) is 5.10 Å². The normalized spacial score (nSPS) is 15.2. The quantitative estimate of drug-likeness (QED) is 0.221. The molecular weight excluding hydrogens is 567 g/mol. The summed E-state index contributed by atoms with van der Waals surface area (Å²) in [5.41, 5.74) is 6.39. The van der Waals surface area contributed by atoms with Gasteiger partial charge in [0.15, 0.2) is 17.5 Å². The number of nitrogens with one attached hydrogen (secondary N) is 1. The van der Waals surface area contributed by atoms with Crippen LogP contribution in [0.2, 0.25) is 10.0 Å². The van der Waals surface area contributed by atoms with Crippen molar-refractivity contribution >= 4 is 57.8 Å². The highest BCUT2D eigenvalue weighted by Crippen LogP contribution is 2.48. The van der Waals surface area contributed by atoms with E-state index in [4.69, 9.17) is 43.0 Å². The van der Waals surface area contributed by atoms with Crippen molar-refractivity contribution in [1.82, 2.24) is 9.78 Å². The molecule has 1 atom stereocenters. The van der Waals surface area contributed by atoms with Crippen LogP contribution in [-0.4, -0.2) is 28.1 Å². The molecule has 0 bridgehead atoms. The Morgan fingerprint density at radius 2 is 1.57 bits per heavy atom. The number of amidine groups is 2. The molecule has 0 amide bonds. The molecule has 1 N–H and O–H groups in total. The zero-order valence-electron chi connectivity index (χ0n) is 22.9. The van der Waals surface area contributed by atoms with Gasteiger partial charge in [-0.3, -0.25) is 0 Å². The summed E-state index contributed by atoms with van der Waals surface area (Å²) in [6, 6.07) is 31.5. The van der Waals surface area contributed by atoms with Crippen LogP contribution in [0.25, 0.3) is 5.69 Å². The van der Waals surface area contributed by atoms with Gasteiger partial charge in [0.1, 0.15) is 5.75 Å². The third-order valence-corrected chi connectivity index (χ3v) is 7.71. The number of benzene rings is 4. The molecule has 1 aromatic heterocycles. The van der Waals surface area contributed by atoms with E-state index >= 15 is 0 Å². The first-order valence-electron chi connectivity index (χ1n) is 13.7. The lowest BCUT2D eigenvalue weighted by Gasteiger charge is -2.40. The zero-order chi connectivity index (χ0) is 28.8. The van der Waals surface area contributed by atoms with E-state index < -0.39 is 0 Å². The number of aryl methyl sites for hydroxylation is 1. The Morgan fingerprint density at radius 3 is 2.31 bits per heavy atom. The fraction of sp³-hybridized carbons (Fsp3) is 0.121. The number of halogens is 2. The largest absolute Gasteiger partial charge is 0.494 e. The van der Waals surface area contributed by atoms with Crippen molar-refractivity contribution in [3.8, 4) is 11.4 Å². The molecule has 5 aromatic rings. The summed E-state index contributed by atoms with van der Waals surface area (Å²) < 4.78 is 7.67. The first kappa shape index (κ1) is 26.3. The van der Waals surface area contributed by atoms with Crippen LogP contribution in [0.15, 0.2) is 107 Å². The van der Waals surface area contributed by atoms with Crippen molar-refractivity contribution in [2.45, 2.75) is 19.9 Å². The number of ether oxygens (including phenoxy) is 1. The highest BCUT2D eigenvalue weighted by atomic mass is 35.5. The summed E-state index contributed by atoms with van der Waals surface area (Å²) in [6.07, 6.45) is 0. The lowest BCUT2D eigenvalue weighted by molar-refractivity contribution is 0.340. The molecule has 9 heteroatoms. The summed E-state index contributed by atoms with van der Waals surface area (Å²) in [5, 5.41) is 9.50. The molecule has 0 spiro atoms. The third kappa shape index (κ3) is 4.61. The van der Waals surface area contributed by atoms with Crippen molar-refractivity contribution in [2.75, 3.05) is 16.8 Å². The summed E-state index contributed by atoms with van der Waals surface area (Å²) in [5.74, 6) is 2.81. The van der Waals surface area contributed by atoms with Gasteiger partial charge < -0.3 is 15.0 Å². The standard InChI is InChI=1S/C33H26Cl2N6O/c1-3-42-26-15-13-21(14-16-26)30-29-20(2)39-41(25-9-5-4-6-10-25)32(29)38-33-31(36-24-18-22(34)17-23(35)19-24)37-27-11-7-8-12-28(27)40(30)33/h4-19,30H,3H2,1-2H3,(H,36,37). The number of hydrogen-bond acceptors (Lipinski definition) is 6. The highest BCUT2D eigenvalue weighted by molar-refractivity contribution is 6.52. The Morgan fingerprint density at radius 1 is 0.857 bits per heavy atom. The molecular formula is C33H26Cl2N6O. The summed E-state index contributed by atoms with van der Waals surface area (Å²) in [6.45, 7) is 4.62. The van der Waals surface area contributed by atoms with Crippen LogP contribution in [0.4, 0.5) is 22.9 Å². The number of aromatic nitrogens is 2. The van der Waals surface area contributed by atoms with Crippen LogP contribution in [0.1, 0.15) is 29.8 Å². The number of nitrogens with zero attached hydrogens (tertiary/aromatic N) is 5. The van der Waals surface area contributed by atoms with Gasteiger partial charge >= 0.3 is 0 Å². The van der Waals surface area contributed by atoms with Gasteiger partial charge in [-0.05, 0) is 74.0 Å². The Labute approximate surface area is 253 Å². The smallest absolute Gasteiger partial charge is 0.179 e. The number of fused-ring (bicyclic) bond motifs is 4. The highest BCUT2D eigenvalue weighted by Gasteiger charge is 2.41. The first-order chi connectivity index (χ1) is 20.5. The second-order valence-corrected chi connectivity index (χ2v) is 10.9. The molecule has 0 aliphatic carbocycles. The van der Waals surface area contributed by atoms with Crippen molar-refractivity contribution in [1.29, 1.82) is 0 Å². The van der Waals surface area contributed by atoms with Crippen molar-refractivity contribution in [3.63, 3.8) is 0 Å². The van der Waals surface area contributed by atoms with Gasteiger partial charge in [0.2, 0.25) is 0 Å². The van der Waals surface area contributed by atoms with Crippen molar-refractivity contribution in [3.05, 3.63) is 124 Å². The minimum Gasteiger partial charge on any atom is -0.494 e. The molecule has 208 valence electrons. The summed E-state index contributed by atoms with van der Waals surface area (Å²) in [4.78, 5) is 12.5. The van der Waals surface area contributed by atoms with Gasteiger partial charge in [0, 0.05) is 21.3 Å². The Bertz CT molecular complexity index is 1840. The number of hydrogen-bond donors (Lipinski definition) is 1. The monoisotopic (exact) mass is 592 g/mol. The van der Waals surface area contributed by atoms with E-state index in [-0.39, 0.29) is 6.04 Å². The molecule has 1 unspecified atom stereocenters. The van der Waals surface area contributed by atoms with Gasteiger partial charge in [0.05, 0.1) is 35.4 Å². The van der Waals surface area contributed by atoms with Gasteiger partial charge in [-0.15, -0.1) is 0 Å². The number of anilines is 2. The predicted molar refractivity (Wildman–Crippen MR) is 171 cm³/mol. The zero-order valence-corrected chi connectivity index (χ0v) is 24.4. The molecule has 7 nitrogen and oxygen atoms in total. The topological polar surface area (TPSA) is 67.0 Å². The number of para-hydroxylation sites is 3. The lowest BCUT2D eigenvalue weighted by Crippen LogP contribution is -2.46. The lowest BCUT2D eigenvalue weighted by atomic mass is 9.93. The minimum atomic E-state index is -0.239. The van der Waals surface area contributed by atoms with E-state index in [9.17, 15) is 0 Å². The molecule has 2 aliphatic heterocycles. The number of rotatable bonds is 5. The molecule has 0 fully saturated rings. The van der Waals surface area contributed by atoms with Crippen LogP contribution < -0.4 is 15.0 Å². The average molecular weight is 594 g/mol. The molecule has 0 saturated heterocycles. The van der Waals surface area contributed by atoms with Gasteiger partial charge in [-0.25, -0.2) is 14.7 Å². The van der Waals surface area contributed by atoms with Crippen LogP contribution in [0, 0.1) is 6.92 Å². The molecule has 0 radical (unpaired) electrons. The Balaban J connectivity index is 1.47. The Hall–Kier alpha value is -4.59. The molecule has 4 aromatic carbocycles. The maximum Gasteiger partial charge on any atom is 0.179 e. The molecule has 0 saturated carbocycles. The molecule has 3 heterocycles. The molecule has 2 aliphatic rings. The van der Waals surface area contributed by atoms with Crippen LogP contribution >= 0.6 is 23.2 Å². The maximum atomic E-state index is 6.36. The predicted octanol–water partition coefficient (Wildman–Crippen LogP) is 8.68. The Kier molecular flexibility index (Phi) is 6.69. The van der Waals surface area contributed by atoms with E-state index in [0.29, 0.717) is 34.0 Å². The van der Waals surface area contributed by atoms with Gasteiger partial charge in [-0.1, -0.05) is 65.7 Å². The molecule has 42 heavy (non-hydrogen) atoms. The van der Waals surface area contributed by atoms with E-state index in [0.717, 1.165) is 45.5 Å². The van der Waals surface area contributed by atoms with Gasteiger partial charge in [0.25, 0.3) is 0 Å². The van der Waals surface area contributed by atoms with Crippen LogP contribution in [-0.2, 0) is 0 Å². The van der Waals surface area contributed by atoms with Crippen molar-refractivity contribution < 1.29 is 4.74 Å². The fourth-order valence-corrected chi connectivity index (χ4v) is 6.06. The van der Waals surface area contributed by atoms with Crippen molar-refractivity contribution in [2.24, 2.45) is 9.98 Å². The van der Waals surface area contributed by atoms with Crippen LogP contribution in [0.5, 0.6) is 5.75 Å². The summed E-state index contributed by atoms with van der Waals surface area (Å²) in [7, 11) is 0.